The van der Waals surface area contributed by atoms with Crippen molar-refractivity contribution >= 4 is 23.4 Å². The first-order valence-corrected chi connectivity index (χ1v) is 10.1. The molecule has 5 nitrogen and oxygen atoms in total. The van der Waals surface area contributed by atoms with E-state index in [1.807, 2.05) is 6.07 Å². The molecule has 3 rings (SSSR count). The van der Waals surface area contributed by atoms with Crippen LogP contribution < -0.4 is 10.6 Å². The Morgan fingerprint density at radius 1 is 1.07 bits per heavy atom. The number of rotatable bonds is 7. The van der Waals surface area contributed by atoms with E-state index >= 15 is 0 Å². The third-order valence-corrected chi connectivity index (χ3v) is 5.12. The maximum Gasteiger partial charge on any atom is 0.251 e. The largest absolute Gasteiger partial charge is 0.352 e. The first-order valence-electron chi connectivity index (χ1n) is 9.69. The van der Waals surface area contributed by atoms with Crippen LogP contribution in [0.5, 0.6) is 0 Å². The lowest BCUT2D eigenvalue weighted by molar-refractivity contribution is -0.122. The van der Waals surface area contributed by atoms with Crippen LogP contribution >= 0.6 is 11.6 Å². The Hall–Kier alpha value is -2.37. The van der Waals surface area contributed by atoms with Gasteiger partial charge in [0.25, 0.3) is 5.91 Å². The molecule has 1 atom stereocenters. The van der Waals surface area contributed by atoms with Crippen molar-refractivity contribution in [1.29, 1.82) is 0 Å². The highest BCUT2D eigenvalue weighted by molar-refractivity contribution is 6.30. The number of amides is 2. The van der Waals surface area contributed by atoms with Gasteiger partial charge >= 0.3 is 0 Å². The molecule has 0 saturated carbocycles. The Kier molecular flexibility index (Phi) is 7.46. The number of nitrogens with zero attached hydrogens (tertiary/aromatic N) is 1. The number of hydrogen-bond acceptors (Lipinski definition) is 3. The summed E-state index contributed by atoms with van der Waals surface area (Å²) in [5.74, 6) is -0.223. The molecule has 2 aromatic carbocycles. The van der Waals surface area contributed by atoms with E-state index in [0.717, 1.165) is 32.5 Å². The quantitative estimate of drug-likeness (QED) is 0.751. The van der Waals surface area contributed by atoms with E-state index in [4.69, 9.17) is 11.6 Å². The van der Waals surface area contributed by atoms with E-state index in [1.165, 1.54) is 5.56 Å². The van der Waals surface area contributed by atoms with Gasteiger partial charge in [-0.25, -0.2) is 0 Å². The van der Waals surface area contributed by atoms with Crippen molar-refractivity contribution in [3.8, 4) is 0 Å². The van der Waals surface area contributed by atoms with Crippen molar-refractivity contribution in [2.24, 2.45) is 0 Å². The monoisotopic (exact) mass is 399 g/mol. The Morgan fingerprint density at radius 2 is 1.82 bits per heavy atom. The molecule has 1 aliphatic rings. The second kappa shape index (κ2) is 10.2. The highest BCUT2D eigenvalue weighted by Gasteiger charge is 2.21. The number of halogens is 1. The predicted molar refractivity (Wildman–Crippen MR) is 111 cm³/mol. The molecule has 0 aliphatic carbocycles. The molecule has 1 aliphatic heterocycles. The van der Waals surface area contributed by atoms with E-state index in [2.05, 4.69) is 39.8 Å². The molecule has 0 bridgehead atoms. The first-order chi connectivity index (χ1) is 13.6. The minimum absolute atomic E-state index is 0.0250. The molecule has 2 amide bonds. The molecule has 0 aromatic heterocycles. The maximum absolute atomic E-state index is 12.2. The Morgan fingerprint density at radius 3 is 2.57 bits per heavy atom. The number of likely N-dealkylation sites (tertiary alicyclic amines) is 1. The summed E-state index contributed by atoms with van der Waals surface area (Å²) in [7, 11) is 0. The van der Waals surface area contributed by atoms with E-state index in [9.17, 15) is 9.59 Å². The SMILES string of the molecule is O=C(CCNC(=O)c1ccc(Cl)cc1)NC1CCCN(Cc2ccccc2)C1. The van der Waals surface area contributed by atoms with Gasteiger partial charge in [0.1, 0.15) is 0 Å². The van der Waals surface area contributed by atoms with Crippen molar-refractivity contribution in [3.63, 3.8) is 0 Å². The van der Waals surface area contributed by atoms with E-state index in [-0.39, 0.29) is 24.3 Å². The topological polar surface area (TPSA) is 61.4 Å². The average Bonchev–Trinajstić information content (AvgIpc) is 2.69. The molecule has 1 heterocycles. The Balaban J connectivity index is 1.38. The Labute approximate surface area is 171 Å². The van der Waals surface area contributed by atoms with Gasteiger partial charge in [0.15, 0.2) is 0 Å². The van der Waals surface area contributed by atoms with Gasteiger partial charge in [-0.1, -0.05) is 41.9 Å². The van der Waals surface area contributed by atoms with Gasteiger partial charge in [0.05, 0.1) is 0 Å². The zero-order valence-corrected chi connectivity index (χ0v) is 16.6. The number of nitrogens with one attached hydrogen (secondary N) is 2. The summed E-state index contributed by atoms with van der Waals surface area (Å²) in [6, 6.07) is 17.2. The van der Waals surface area contributed by atoms with Gasteiger partial charge in [0, 0.05) is 42.7 Å². The lowest BCUT2D eigenvalue weighted by Crippen LogP contribution is -2.47. The molecule has 6 heteroatoms. The number of carbonyl (C=O) groups excluding carboxylic acids is 2. The number of benzene rings is 2. The van der Waals surface area contributed by atoms with Crippen LogP contribution in [0.1, 0.15) is 35.2 Å². The second-order valence-electron chi connectivity index (χ2n) is 7.14. The van der Waals surface area contributed by atoms with Crippen molar-refractivity contribution in [1.82, 2.24) is 15.5 Å². The van der Waals surface area contributed by atoms with Crippen LogP contribution in [0, 0.1) is 0 Å². The first kappa shape index (κ1) is 20.4. The fourth-order valence-electron chi connectivity index (χ4n) is 3.45. The molecule has 148 valence electrons. The van der Waals surface area contributed by atoms with E-state index in [0.29, 0.717) is 17.1 Å². The summed E-state index contributed by atoms with van der Waals surface area (Å²) in [5, 5.41) is 6.47. The van der Waals surface area contributed by atoms with Crippen LogP contribution in [-0.4, -0.2) is 42.4 Å². The zero-order chi connectivity index (χ0) is 19.8. The van der Waals surface area contributed by atoms with Crippen molar-refractivity contribution in [2.45, 2.75) is 31.8 Å². The van der Waals surface area contributed by atoms with Crippen molar-refractivity contribution < 1.29 is 9.59 Å². The maximum atomic E-state index is 12.2. The molecule has 0 radical (unpaired) electrons. The van der Waals surface area contributed by atoms with Gasteiger partial charge in [0.2, 0.25) is 5.91 Å². The fourth-order valence-corrected chi connectivity index (χ4v) is 3.58. The molecular weight excluding hydrogens is 374 g/mol. The molecule has 1 unspecified atom stereocenters. The van der Waals surface area contributed by atoms with E-state index in [1.54, 1.807) is 24.3 Å². The third-order valence-electron chi connectivity index (χ3n) is 4.86. The third kappa shape index (κ3) is 6.36. The minimum atomic E-state index is -0.198. The lowest BCUT2D eigenvalue weighted by Gasteiger charge is -2.33. The number of carbonyl (C=O) groups is 2. The highest BCUT2D eigenvalue weighted by atomic mass is 35.5. The van der Waals surface area contributed by atoms with Crippen LogP contribution in [0.3, 0.4) is 0 Å². The molecule has 1 fully saturated rings. The smallest absolute Gasteiger partial charge is 0.251 e. The summed E-state index contributed by atoms with van der Waals surface area (Å²) in [4.78, 5) is 26.7. The van der Waals surface area contributed by atoms with Crippen LogP contribution in [0.4, 0.5) is 0 Å². The molecular formula is C22H26ClN3O2. The van der Waals surface area contributed by atoms with Crippen LogP contribution in [-0.2, 0) is 11.3 Å². The Bertz CT molecular complexity index is 780. The second-order valence-corrected chi connectivity index (χ2v) is 7.58. The standard InChI is InChI=1S/C22H26ClN3O2/c23-19-10-8-18(9-11-19)22(28)24-13-12-21(27)25-20-7-4-14-26(16-20)15-17-5-2-1-3-6-17/h1-3,5-6,8-11,20H,4,7,12-16H2,(H,24,28)(H,25,27). The normalized spacial score (nSPS) is 17.1. The lowest BCUT2D eigenvalue weighted by atomic mass is 10.0. The average molecular weight is 400 g/mol. The van der Waals surface area contributed by atoms with Gasteiger partial charge in [-0.05, 0) is 49.2 Å². The summed E-state index contributed by atoms with van der Waals surface area (Å²) in [5.41, 5.74) is 1.83. The van der Waals surface area contributed by atoms with Crippen LogP contribution in [0.25, 0.3) is 0 Å². The zero-order valence-electron chi connectivity index (χ0n) is 15.9. The highest BCUT2D eigenvalue weighted by Crippen LogP contribution is 2.14. The summed E-state index contributed by atoms with van der Waals surface area (Å²) < 4.78 is 0. The fraction of sp³-hybridized carbons (Fsp3) is 0.364. The summed E-state index contributed by atoms with van der Waals surface area (Å²) >= 11 is 5.82. The molecule has 2 aromatic rings. The van der Waals surface area contributed by atoms with Crippen LogP contribution in [0.15, 0.2) is 54.6 Å². The molecule has 0 spiro atoms. The number of piperidine rings is 1. The van der Waals surface area contributed by atoms with Crippen molar-refractivity contribution in [2.75, 3.05) is 19.6 Å². The summed E-state index contributed by atoms with van der Waals surface area (Å²) in [6.45, 7) is 3.13. The van der Waals surface area contributed by atoms with Gasteiger partial charge in [-0.2, -0.15) is 0 Å². The molecule has 2 N–H and O–H groups in total. The van der Waals surface area contributed by atoms with Crippen molar-refractivity contribution in [3.05, 3.63) is 70.7 Å². The number of hydrogen-bond donors (Lipinski definition) is 2. The van der Waals surface area contributed by atoms with Gasteiger partial charge < -0.3 is 10.6 Å². The van der Waals surface area contributed by atoms with Gasteiger partial charge in [-0.15, -0.1) is 0 Å². The molecule has 28 heavy (non-hydrogen) atoms. The van der Waals surface area contributed by atoms with Crippen LogP contribution in [0.2, 0.25) is 5.02 Å². The minimum Gasteiger partial charge on any atom is -0.352 e. The van der Waals surface area contributed by atoms with E-state index < -0.39 is 0 Å². The molecule has 1 saturated heterocycles. The predicted octanol–water partition coefficient (Wildman–Crippen LogP) is 3.24. The summed E-state index contributed by atoms with van der Waals surface area (Å²) in [6.07, 6.45) is 2.34. The van der Waals surface area contributed by atoms with Gasteiger partial charge in [-0.3, -0.25) is 14.5 Å².